The molecular formula is C14H5BrO4S. The maximum atomic E-state index is 12.5. The van der Waals surface area contributed by atoms with Gasteiger partial charge in [-0.3, -0.25) is 9.59 Å². The molecule has 0 radical (unpaired) electrons. The molecule has 1 aliphatic carbocycles. The van der Waals surface area contributed by atoms with Gasteiger partial charge in [0, 0.05) is 21.2 Å². The maximum Gasteiger partial charge on any atom is 0.210 e. The van der Waals surface area contributed by atoms with Crippen LogP contribution in [0.1, 0.15) is 31.8 Å². The first-order valence-corrected chi connectivity index (χ1v) is 8.02. The lowest BCUT2D eigenvalue weighted by Crippen LogP contribution is -2.21. The van der Waals surface area contributed by atoms with Crippen LogP contribution in [-0.2, 0) is 9.84 Å². The molecule has 0 N–H and O–H groups in total. The Morgan fingerprint density at radius 1 is 0.900 bits per heavy atom. The SMILES string of the molecule is O=C1c2ccccc2C(=O)c2c1c(Br)cc1c2S1(=O)=O. The number of carbonyl (C=O) groups excluding carboxylic acids is 2. The first-order chi connectivity index (χ1) is 9.44. The van der Waals surface area contributed by atoms with Gasteiger partial charge in [0.2, 0.25) is 9.84 Å². The highest BCUT2D eigenvalue weighted by Gasteiger charge is 2.49. The minimum Gasteiger partial charge on any atom is -0.289 e. The van der Waals surface area contributed by atoms with E-state index >= 15 is 0 Å². The van der Waals surface area contributed by atoms with Crippen LogP contribution in [0.15, 0.2) is 44.6 Å². The summed E-state index contributed by atoms with van der Waals surface area (Å²) in [5.74, 6) is -0.735. The lowest BCUT2D eigenvalue weighted by Gasteiger charge is -2.17. The number of sulfone groups is 1. The Morgan fingerprint density at radius 3 is 2.05 bits per heavy atom. The molecule has 1 aliphatic heterocycles. The standard InChI is InChI=1S/C14H5BrO4S/c15-8-5-9-14(20(9,18)19)11-10(8)12(16)6-3-1-2-4-7(6)13(11)17/h1-5H. The van der Waals surface area contributed by atoms with Crippen molar-refractivity contribution < 1.29 is 18.0 Å². The molecule has 20 heavy (non-hydrogen) atoms. The average molecular weight is 349 g/mol. The zero-order valence-corrected chi connectivity index (χ0v) is 12.2. The van der Waals surface area contributed by atoms with E-state index in [1.807, 2.05) is 0 Å². The molecule has 2 aliphatic rings. The normalized spacial score (nSPS) is 17.2. The number of rotatable bonds is 0. The maximum absolute atomic E-state index is 12.5. The van der Waals surface area contributed by atoms with Gasteiger partial charge in [-0.1, -0.05) is 24.3 Å². The minimum atomic E-state index is -3.50. The zero-order chi connectivity index (χ0) is 14.2. The van der Waals surface area contributed by atoms with E-state index in [0.29, 0.717) is 10.0 Å². The van der Waals surface area contributed by atoms with Crippen molar-refractivity contribution in [2.75, 3.05) is 0 Å². The van der Waals surface area contributed by atoms with Crippen LogP contribution in [0.2, 0.25) is 0 Å². The third-order valence-electron chi connectivity index (χ3n) is 3.58. The van der Waals surface area contributed by atoms with Gasteiger partial charge >= 0.3 is 0 Å². The van der Waals surface area contributed by atoms with Crippen LogP contribution in [0.5, 0.6) is 0 Å². The van der Waals surface area contributed by atoms with Crippen molar-refractivity contribution in [3.8, 4) is 0 Å². The van der Waals surface area contributed by atoms with E-state index in [1.165, 1.54) is 6.07 Å². The number of halogens is 1. The fraction of sp³-hybridized carbons (Fsp3) is 0. The fourth-order valence-corrected chi connectivity index (χ4v) is 4.89. The molecule has 0 spiro atoms. The van der Waals surface area contributed by atoms with E-state index in [-0.39, 0.29) is 32.3 Å². The lowest BCUT2D eigenvalue weighted by molar-refractivity contribution is 0.0976. The topological polar surface area (TPSA) is 68.3 Å². The van der Waals surface area contributed by atoms with Crippen LogP contribution in [0.4, 0.5) is 0 Å². The van der Waals surface area contributed by atoms with Gasteiger partial charge in [-0.05, 0) is 22.0 Å². The van der Waals surface area contributed by atoms with E-state index < -0.39 is 15.6 Å². The van der Waals surface area contributed by atoms with Crippen LogP contribution in [-0.4, -0.2) is 20.0 Å². The van der Waals surface area contributed by atoms with Crippen LogP contribution >= 0.6 is 15.9 Å². The second kappa shape index (κ2) is 3.45. The van der Waals surface area contributed by atoms with Gasteiger partial charge < -0.3 is 0 Å². The summed E-state index contributed by atoms with van der Waals surface area (Å²) in [7, 11) is -3.50. The van der Waals surface area contributed by atoms with E-state index in [0.717, 1.165) is 0 Å². The lowest BCUT2D eigenvalue weighted by atomic mass is 9.84. The minimum absolute atomic E-state index is 0.00329. The summed E-state index contributed by atoms with van der Waals surface area (Å²) < 4.78 is 24.0. The van der Waals surface area contributed by atoms with Crippen molar-refractivity contribution in [2.24, 2.45) is 0 Å². The van der Waals surface area contributed by atoms with Gasteiger partial charge in [-0.2, -0.15) is 0 Å². The molecule has 4 rings (SSSR count). The highest BCUT2D eigenvalue weighted by atomic mass is 79.9. The van der Waals surface area contributed by atoms with Gasteiger partial charge in [0.05, 0.1) is 10.5 Å². The highest BCUT2D eigenvalue weighted by molar-refractivity contribution is 9.10. The second-order valence-electron chi connectivity index (χ2n) is 4.64. The van der Waals surface area contributed by atoms with Gasteiger partial charge in [0.25, 0.3) is 0 Å². The molecule has 0 atom stereocenters. The zero-order valence-electron chi connectivity index (χ0n) is 9.81. The third kappa shape index (κ3) is 1.23. The van der Waals surface area contributed by atoms with Crippen LogP contribution in [0.25, 0.3) is 0 Å². The Labute approximate surface area is 122 Å². The number of hydrogen-bond donors (Lipinski definition) is 0. The van der Waals surface area contributed by atoms with Gasteiger partial charge in [-0.15, -0.1) is 0 Å². The molecule has 0 aromatic heterocycles. The van der Waals surface area contributed by atoms with Gasteiger partial charge in [0.15, 0.2) is 11.6 Å². The van der Waals surface area contributed by atoms with Crippen molar-refractivity contribution in [3.05, 3.63) is 57.1 Å². The summed E-state index contributed by atoms with van der Waals surface area (Å²) in [4.78, 5) is 25.1. The van der Waals surface area contributed by atoms with E-state index in [2.05, 4.69) is 15.9 Å². The van der Waals surface area contributed by atoms with E-state index in [9.17, 15) is 18.0 Å². The predicted octanol–water partition coefficient (Wildman–Crippen LogP) is 2.37. The van der Waals surface area contributed by atoms with Crippen molar-refractivity contribution in [2.45, 2.75) is 9.79 Å². The molecule has 0 fully saturated rings. The monoisotopic (exact) mass is 348 g/mol. The first kappa shape index (κ1) is 12.0. The summed E-state index contributed by atoms with van der Waals surface area (Å²) in [5, 5.41) is 0. The second-order valence-corrected chi connectivity index (χ2v) is 7.35. The van der Waals surface area contributed by atoms with Crippen molar-refractivity contribution in [1.29, 1.82) is 0 Å². The average Bonchev–Trinajstić information content (AvgIpc) is 2.96. The number of benzene rings is 2. The molecular weight excluding hydrogens is 344 g/mol. The summed E-state index contributed by atoms with van der Waals surface area (Å²) in [5.41, 5.74) is 0.725. The summed E-state index contributed by atoms with van der Waals surface area (Å²) in [6.45, 7) is 0. The fourth-order valence-electron chi connectivity index (χ4n) is 2.62. The number of carbonyl (C=O) groups is 2. The Bertz CT molecular complexity index is 957. The van der Waals surface area contributed by atoms with Crippen molar-refractivity contribution in [1.82, 2.24) is 0 Å². The molecule has 2 aromatic carbocycles. The van der Waals surface area contributed by atoms with E-state index in [1.54, 1.807) is 24.3 Å². The molecule has 98 valence electrons. The van der Waals surface area contributed by atoms with Crippen LogP contribution < -0.4 is 0 Å². The smallest absolute Gasteiger partial charge is 0.210 e. The third-order valence-corrected chi connectivity index (χ3v) is 5.87. The highest BCUT2D eigenvalue weighted by Crippen LogP contribution is 2.49. The molecule has 0 unspecified atom stereocenters. The van der Waals surface area contributed by atoms with Crippen LogP contribution in [0, 0.1) is 0 Å². The molecule has 0 amide bonds. The molecule has 0 saturated carbocycles. The largest absolute Gasteiger partial charge is 0.289 e. The molecule has 1 heterocycles. The summed E-state index contributed by atoms with van der Waals surface area (Å²) in [6, 6.07) is 7.84. The first-order valence-electron chi connectivity index (χ1n) is 5.74. The summed E-state index contributed by atoms with van der Waals surface area (Å²) in [6.07, 6.45) is 0. The number of fused-ring (bicyclic) bond motifs is 4. The predicted molar refractivity (Wildman–Crippen MR) is 72.9 cm³/mol. The van der Waals surface area contributed by atoms with Crippen LogP contribution in [0.3, 0.4) is 0 Å². The van der Waals surface area contributed by atoms with Crippen molar-refractivity contribution in [3.63, 3.8) is 0 Å². The van der Waals surface area contributed by atoms with Gasteiger partial charge in [-0.25, -0.2) is 8.42 Å². The quantitative estimate of drug-likeness (QED) is 0.457. The number of hydrogen-bond acceptors (Lipinski definition) is 4. The number of ketones is 2. The Hall–Kier alpha value is -1.79. The summed E-state index contributed by atoms with van der Waals surface area (Å²) >= 11 is 3.20. The molecule has 0 saturated heterocycles. The Kier molecular flexibility index (Phi) is 2.07. The molecule has 2 aromatic rings. The molecule has 0 bridgehead atoms. The molecule has 4 nitrogen and oxygen atoms in total. The Balaban J connectivity index is 2.15. The van der Waals surface area contributed by atoms with E-state index in [4.69, 9.17) is 0 Å². The molecule has 6 heteroatoms. The Morgan fingerprint density at radius 2 is 1.45 bits per heavy atom. The van der Waals surface area contributed by atoms with Crippen molar-refractivity contribution >= 4 is 37.3 Å². The van der Waals surface area contributed by atoms with Gasteiger partial charge in [0.1, 0.15) is 4.90 Å².